The van der Waals surface area contributed by atoms with Crippen LogP contribution in [0.15, 0.2) is 16.5 Å². The molecule has 3 nitrogen and oxygen atoms in total. The number of nitrogens with zero attached hydrogens (tertiary/aromatic N) is 1. The van der Waals surface area contributed by atoms with Crippen LogP contribution in [0.4, 0.5) is 0 Å². The molecule has 0 aromatic carbocycles. The van der Waals surface area contributed by atoms with Gasteiger partial charge in [0, 0.05) is 13.0 Å². The summed E-state index contributed by atoms with van der Waals surface area (Å²) >= 11 is 0. The first-order valence-corrected chi connectivity index (χ1v) is 8.50. The van der Waals surface area contributed by atoms with Crippen molar-refractivity contribution in [3.05, 3.63) is 23.7 Å². The highest BCUT2D eigenvalue weighted by molar-refractivity contribution is 5.11. The normalized spacial score (nSPS) is 13.6. The summed E-state index contributed by atoms with van der Waals surface area (Å²) in [6, 6.07) is 4.40. The van der Waals surface area contributed by atoms with E-state index in [0.717, 1.165) is 31.0 Å². The van der Waals surface area contributed by atoms with E-state index in [1.165, 1.54) is 12.8 Å². The second-order valence-electron chi connectivity index (χ2n) is 6.81. The third-order valence-corrected chi connectivity index (χ3v) is 4.01. The summed E-state index contributed by atoms with van der Waals surface area (Å²) in [6.07, 6.45) is 3.35. The molecule has 1 heterocycles. The van der Waals surface area contributed by atoms with Crippen molar-refractivity contribution < 1.29 is 4.42 Å². The molecule has 0 fully saturated rings. The van der Waals surface area contributed by atoms with Gasteiger partial charge in [0.2, 0.25) is 0 Å². The third kappa shape index (κ3) is 6.23. The van der Waals surface area contributed by atoms with Crippen LogP contribution in [0.5, 0.6) is 0 Å². The van der Waals surface area contributed by atoms with Crippen molar-refractivity contribution >= 4 is 0 Å². The fraction of sp³-hybridized carbons (Fsp3) is 0.778. The number of hydrogen-bond acceptors (Lipinski definition) is 3. The summed E-state index contributed by atoms with van der Waals surface area (Å²) in [4.78, 5) is 2.51. The maximum absolute atomic E-state index is 6.07. The van der Waals surface area contributed by atoms with Crippen molar-refractivity contribution in [3.63, 3.8) is 0 Å². The Morgan fingerprint density at radius 2 is 1.62 bits per heavy atom. The molecular formula is C18H34N2O. The van der Waals surface area contributed by atoms with Gasteiger partial charge in [-0.3, -0.25) is 4.90 Å². The summed E-state index contributed by atoms with van der Waals surface area (Å²) in [5.74, 6) is 3.51. The van der Waals surface area contributed by atoms with Crippen LogP contribution in [0, 0.1) is 11.8 Å². The molecule has 0 saturated heterocycles. The highest BCUT2D eigenvalue weighted by atomic mass is 16.3. The Morgan fingerprint density at radius 1 is 1.05 bits per heavy atom. The Kier molecular flexibility index (Phi) is 8.05. The van der Waals surface area contributed by atoms with Gasteiger partial charge in [-0.15, -0.1) is 0 Å². The maximum atomic E-state index is 6.07. The molecule has 2 N–H and O–H groups in total. The molecule has 122 valence electrons. The van der Waals surface area contributed by atoms with Crippen molar-refractivity contribution in [1.82, 2.24) is 4.90 Å². The fourth-order valence-corrected chi connectivity index (χ4v) is 2.48. The number of aryl methyl sites for hydroxylation is 1. The molecule has 21 heavy (non-hydrogen) atoms. The molecule has 1 atom stereocenters. The number of nitrogens with two attached hydrogens (primary N) is 1. The van der Waals surface area contributed by atoms with E-state index in [1.54, 1.807) is 0 Å². The molecular weight excluding hydrogens is 260 g/mol. The van der Waals surface area contributed by atoms with E-state index < -0.39 is 0 Å². The van der Waals surface area contributed by atoms with Gasteiger partial charge in [0.15, 0.2) is 0 Å². The van der Waals surface area contributed by atoms with Gasteiger partial charge in [-0.25, -0.2) is 0 Å². The Hall–Kier alpha value is -0.800. The van der Waals surface area contributed by atoms with Crippen LogP contribution < -0.4 is 5.73 Å². The van der Waals surface area contributed by atoms with Gasteiger partial charge in [-0.2, -0.15) is 0 Å². The Labute approximate surface area is 130 Å². The monoisotopic (exact) mass is 294 g/mol. The van der Waals surface area contributed by atoms with Crippen LogP contribution in [-0.4, -0.2) is 24.5 Å². The average molecular weight is 294 g/mol. The highest BCUT2D eigenvalue weighted by Crippen LogP contribution is 2.24. The van der Waals surface area contributed by atoms with Crippen LogP contribution in [0.1, 0.15) is 65.0 Å². The SMILES string of the molecule is CCc1ccc(C(CN)N(CCC(C)C)CCC(C)C)o1. The predicted molar refractivity (Wildman–Crippen MR) is 90.4 cm³/mol. The quantitative estimate of drug-likeness (QED) is 0.702. The molecule has 0 aliphatic heterocycles. The van der Waals surface area contributed by atoms with Crippen molar-refractivity contribution in [2.45, 2.75) is 59.9 Å². The molecule has 1 unspecified atom stereocenters. The zero-order chi connectivity index (χ0) is 15.8. The first-order chi connectivity index (χ1) is 9.97. The molecule has 0 bridgehead atoms. The van der Waals surface area contributed by atoms with Crippen molar-refractivity contribution in [3.8, 4) is 0 Å². The van der Waals surface area contributed by atoms with Gasteiger partial charge in [0.1, 0.15) is 11.5 Å². The smallest absolute Gasteiger partial charge is 0.122 e. The van der Waals surface area contributed by atoms with Crippen LogP contribution in [0.3, 0.4) is 0 Å². The van der Waals surface area contributed by atoms with Gasteiger partial charge in [0.25, 0.3) is 0 Å². The van der Waals surface area contributed by atoms with Crippen LogP contribution in [0.25, 0.3) is 0 Å². The Balaban J connectivity index is 2.79. The zero-order valence-electron chi connectivity index (χ0n) is 14.6. The van der Waals surface area contributed by atoms with E-state index >= 15 is 0 Å². The molecule has 0 spiro atoms. The lowest BCUT2D eigenvalue weighted by Gasteiger charge is -2.30. The molecule has 1 rings (SSSR count). The Bertz CT molecular complexity index is 372. The minimum Gasteiger partial charge on any atom is -0.464 e. The van der Waals surface area contributed by atoms with E-state index in [9.17, 15) is 0 Å². The lowest BCUT2D eigenvalue weighted by molar-refractivity contribution is 0.160. The van der Waals surface area contributed by atoms with Gasteiger partial charge in [-0.1, -0.05) is 34.6 Å². The lowest BCUT2D eigenvalue weighted by atomic mass is 10.1. The van der Waals surface area contributed by atoms with Crippen molar-refractivity contribution in [2.24, 2.45) is 17.6 Å². The van der Waals surface area contributed by atoms with Crippen LogP contribution in [0.2, 0.25) is 0 Å². The molecule has 0 radical (unpaired) electrons. The third-order valence-electron chi connectivity index (χ3n) is 4.01. The van der Waals surface area contributed by atoms with Gasteiger partial charge >= 0.3 is 0 Å². The number of furan rings is 1. The van der Waals surface area contributed by atoms with E-state index in [-0.39, 0.29) is 6.04 Å². The van der Waals surface area contributed by atoms with Crippen molar-refractivity contribution in [1.29, 1.82) is 0 Å². The largest absolute Gasteiger partial charge is 0.464 e. The molecule has 0 aliphatic rings. The maximum Gasteiger partial charge on any atom is 0.122 e. The standard InChI is InChI=1S/C18H34N2O/c1-6-16-7-8-18(21-16)17(13-19)20(11-9-14(2)3)12-10-15(4)5/h7-8,14-15,17H,6,9-13,19H2,1-5H3. The minimum atomic E-state index is 0.211. The Morgan fingerprint density at radius 3 is 2.00 bits per heavy atom. The summed E-state index contributed by atoms with van der Waals surface area (Å²) in [7, 11) is 0. The molecule has 3 heteroatoms. The topological polar surface area (TPSA) is 42.4 Å². The molecule has 1 aromatic rings. The number of rotatable bonds is 10. The number of hydrogen-bond donors (Lipinski definition) is 1. The van der Waals surface area contributed by atoms with Crippen LogP contribution >= 0.6 is 0 Å². The summed E-state index contributed by atoms with van der Waals surface area (Å²) < 4.78 is 5.96. The molecule has 1 aromatic heterocycles. The van der Waals surface area contributed by atoms with E-state index in [0.29, 0.717) is 18.4 Å². The summed E-state index contributed by atoms with van der Waals surface area (Å²) in [5.41, 5.74) is 6.07. The first-order valence-electron chi connectivity index (χ1n) is 8.50. The second kappa shape index (κ2) is 9.26. The lowest BCUT2D eigenvalue weighted by Crippen LogP contribution is -2.36. The predicted octanol–water partition coefficient (Wildman–Crippen LogP) is 4.24. The molecule has 0 amide bonds. The second-order valence-corrected chi connectivity index (χ2v) is 6.81. The highest BCUT2D eigenvalue weighted by Gasteiger charge is 2.22. The van der Waals surface area contributed by atoms with Gasteiger partial charge < -0.3 is 10.2 Å². The summed E-state index contributed by atoms with van der Waals surface area (Å²) in [6.45, 7) is 14.0. The zero-order valence-corrected chi connectivity index (χ0v) is 14.6. The summed E-state index contributed by atoms with van der Waals surface area (Å²) in [5, 5.41) is 0. The van der Waals surface area contributed by atoms with E-state index in [1.807, 2.05) is 0 Å². The minimum absolute atomic E-state index is 0.211. The van der Waals surface area contributed by atoms with E-state index in [4.69, 9.17) is 10.2 Å². The first kappa shape index (κ1) is 18.2. The van der Waals surface area contributed by atoms with Crippen molar-refractivity contribution in [2.75, 3.05) is 19.6 Å². The van der Waals surface area contributed by atoms with Gasteiger partial charge in [0.05, 0.1) is 6.04 Å². The average Bonchev–Trinajstić information content (AvgIpc) is 2.90. The molecule has 0 saturated carbocycles. The fourth-order valence-electron chi connectivity index (χ4n) is 2.48. The van der Waals surface area contributed by atoms with Gasteiger partial charge in [-0.05, 0) is 49.9 Å². The molecule has 0 aliphatic carbocycles. The van der Waals surface area contributed by atoms with Crippen LogP contribution in [-0.2, 0) is 6.42 Å². The van der Waals surface area contributed by atoms with E-state index in [2.05, 4.69) is 51.7 Å².